The van der Waals surface area contributed by atoms with Crippen molar-refractivity contribution in [1.29, 1.82) is 0 Å². The number of ether oxygens (including phenoxy) is 3. The minimum atomic E-state index is -0.262. The highest BCUT2D eigenvalue weighted by Gasteiger charge is 2.19. The number of nitrogens with one attached hydrogen (secondary N) is 1. The molecule has 1 aromatic heterocycles. The Kier molecular flexibility index (Phi) is 6.61. The predicted octanol–water partition coefficient (Wildman–Crippen LogP) is 3.50. The SMILES string of the molecule is COc1cc(OC)c(C(=O)NCc2c(C)nn(Cc3ccccc3)c2C)cc1OC. The van der Waals surface area contributed by atoms with Gasteiger partial charge in [0.05, 0.1) is 39.1 Å². The Hall–Kier alpha value is -3.48. The topological polar surface area (TPSA) is 74.6 Å². The van der Waals surface area contributed by atoms with Crippen molar-refractivity contribution in [2.45, 2.75) is 26.9 Å². The smallest absolute Gasteiger partial charge is 0.255 e. The molecule has 3 aromatic rings. The van der Waals surface area contributed by atoms with E-state index in [1.165, 1.54) is 26.9 Å². The van der Waals surface area contributed by atoms with Gasteiger partial charge in [-0.05, 0) is 19.4 Å². The van der Waals surface area contributed by atoms with Gasteiger partial charge >= 0.3 is 0 Å². The fourth-order valence-corrected chi connectivity index (χ4v) is 3.37. The van der Waals surface area contributed by atoms with Crippen molar-refractivity contribution in [2.75, 3.05) is 21.3 Å². The fraction of sp³-hybridized carbons (Fsp3) is 0.304. The largest absolute Gasteiger partial charge is 0.496 e. The summed E-state index contributed by atoms with van der Waals surface area (Å²) in [4.78, 5) is 12.9. The molecule has 0 aliphatic heterocycles. The van der Waals surface area contributed by atoms with Crippen LogP contribution in [0.5, 0.6) is 17.2 Å². The van der Waals surface area contributed by atoms with E-state index in [-0.39, 0.29) is 5.91 Å². The van der Waals surface area contributed by atoms with Gasteiger partial charge in [-0.15, -0.1) is 0 Å². The van der Waals surface area contributed by atoms with Crippen LogP contribution in [0.15, 0.2) is 42.5 Å². The molecule has 0 saturated heterocycles. The molecule has 3 rings (SSSR count). The first-order valence-corrected chi connectivity index (χ1v) is 9.63. The molecule has 7 nitrogen and oxygen atoms in total. The van der Waals surface area contributed by atoms with Gasteiger partial charge < -0.3 is 19.5 Å². The van der Waals surface area contributed by atoms with Gasteiger partial charge in [0.2, 0.25) is 0 Å². The minimum Gasteiger partial charge on any atom is -0.496 e. The lowest BCUT2D eigenvalue weighted by Crippen LogP contribution is -2.24. The molecule has 0 bridgehead atoms. The van der Waals surface area contributed by atoms with Gasteiger partial charge in [0, 0.05) is 29.9 Å². The number of carbonyl (C=O) groups excluding carboxylic acids is 1. The highest BCUT2D eigenvalue weighted by molar-refractivity contribution is 5.97. The molecular weight excluding hydrogens is 382 g/mol. The Morgan fingerprint density at radius 1 is 0.967 bits per heavy atom. The summed E-state index contributed by atoms with van der Waals surface area (Å²) in [5.41, 5.74) is 4.47. The summed E-state index contributed by atoms with van der Waals surface area (Å²) in [6.45, 7) is 5.02. The van der Waals surface area contributed by atoms with Crippen molar-refractivity contribution in [3.63, 3.8) is 0 Å². The first kappa shape index (κ1) is 21.2. The Balaban J connectivity index is 1.78. The molecule has 1 amide bonds. The van der Waals surface area contributed by atoms with Crippen LogP contribution in [-0.4, -0.2) is 37.0 Å². The first-order chi connectivity index (χ1) is 14.5. The van der Waals surface area contributed by atoms with E-state index in [2.05, 4.69) is 22.5 Å². The van der Waals surface area contributed by atoms with E-state index in [1.54, 1.807) is 12.1 Å². The number of benzene rings is 2. The summed E-state index contributed by atoms with van der Waals surface area (Å²) in [7, 11) is 4.58. The van der Waals surface area contributed by atoms with Gasteiger partial charge in [0.1, 0.15) is 5.75 Å². The molecule has 30 heavy (non-hydrogen) atoms. The molecule has 158 valence electrons. The summed E-state index contributed by atoms with van der Waals surface area (Å²) >= 11 is 0. The van der Waals surface area contributed by atoms with E-state index in [1.807, 2.05) is 36.7 Å². The third kappa shape index (κ3) is 4.40. The van der Waals surface area contributed by atoms with Crippen LogP contribution in [0, 0.1) is 13.8 Å². The van der Waals surface area contributed by atoms with E-state index in [0.29, 0.717) is 35.9 Å². The van der Waals surface area contributed by atoms with Crippen LogP contribution < -0.4 is 19.5 Å². The van der Waals surface area contributed by atoms with E-state index in [9.17, 15) is 4.79 Å². The summed E-state index contributed by atoms with van der Waals surface area (Å²) in [5, 5.41) is 7.61. The van der Waals surface area contributed by atoms with E-state index < -0.39 is 0 Å². The number of hydrogen-bond donors (Lipinski definition) is 1. The molecule has 0 fully saturated rings. The second-order valence-electron chi connectivity index (χ2n) is 6.88. The van der Waals surface area contributed by atoms with E-state index in [0.717, 1.165) is 17.0 Å². The lowest BCUT2D eigenvalue weighted by molar-refractivity contribution is 0.0947. The summed E-state index contributed by atoms with van der Waals surface area (Å²) < 4.78 is 17.9. The molecule has 1 N–H and O–H groups in total. The Morgan fingerprint density at radius 2 is 1.60 bits per heavy atom. The Morgan fingerprint density at radius 3 is 2.23 bits per heavy atom. The summed E-state index contributed by atoms with van der Waals surface area (Å²) in [6.07, 6.45) is 0. The second kappa shape index (κ2) is 9.35. The fourth-order valence-electron chi connectivity index (χ4n) is 3.37. The van der Waals surface area contributed by atoms with Crippen LogP contribution in [0.3, 0.4) is 0 Å². The van der Waals surface area contributed by atoms with Crippen LogP contribution >= 0.6 is 0 Å². The molecule has 7 heteroatoms. The maximum atomic E-state index is 12.9. The number of carbonyl (C=O) groups is 1. The van der Waals surface area contributed by atoms with Gasteiger partial charge in [0.15, 0.2) is 11.5 Å². The number of aryl methyl sites for hydroxylation is 1. The maximum Gasteiger partial charge on any atom is 0.255 e. The third-order valence-corrected chi connectivity index (χ3v) is 5.08. The standard InChI is InChI=1S/C23H27N3O4/c1-15-19(16(2)26(25-15)14-17-9-7-6-8-10-17)13-24-23(27)18-11-21(29-4)22(30-5)12-20(18)28-3/h6-12H,13-14H2,1-5H3,(H,24,27). The molecule has 1 heterocycles. The van der Waals surface area contributed by atoms with Gasteiger partial charge in [0.25, 0.3) is 5.91 Å². The monoisotopic (exact) mass is 409 g/mol. The first-order valence-electron chi connectivity index (χ1n) is 9.63. The molecule has 0 spiro atoms. The molecule has 0 aliphatic rings. The number of nitrogens with zero attached hydrogens (tertiary/aromatic N) is 2. The zero-order chi connectivity index (χ0) is 21.7. The average Bonchev–Trinajstić information content (AvgIpc) is 3.03. The quantitative estimate of drug-likeness (QED) is 0.616. The van der Waals surface area contributed by atoms with Gasteiger partial charge in [-0.1, -0.05) is 30.3 Å². The van der Waals surface area contributed by atoms with Crippen LogP contribution in [0.4, 0.5) is 0 Å². The maximum absolute atomic E-state index is 12.9. The number of aromatic nitrogens is 2. The Bertz CT molecular complexity index is 1030. The van der Waals surface area contributed by atoms with Gasteiger partial charge in [-0.2, -0.15) is 5.10 Å². The van der Waals surface area contributed by atoms with Crippen LogP contribution in [0.25, 0.3) is 0 Å². The van der Waals surface area contributed by atoms with Crippen molar-refractivity contribution in [2.24, 2.45) is 0 Å². The van der Waals surface area contributed by atoms with Crippen LogP contribution in [0.1, 0.15) is 32.9 Å². The minimum absolute atomic E-state index is 0.262. The van der Waals surface area contributed by atoms with Crippen molar-refractivity contribution in [3.05, 3.63) is 70.5 Å². The lowest BCUT2D eigenvalue weighted by atomic mass is 10.1. The number of hydrogen-bond acceptors (Lipinski definition) is 5. The van der Waals surface area contributed by atoms with Crippen LogP contribution in [0.2, 0.25) is 0 Å². The molecule has 0 unspecified atom stereocenters. The lowest BCUT2D eigenvalue weighted by Gasteiger charge is -2.14. The van der Waals surface area contributed by atoms with Gasteiger partial charge in [-0.3, -0.25) is 9.48 Å². The second-order valence-corrected chi connectivity index (χ2v) is 6.88. The summed E-state index contributed by atoms with van der Waals surface area (Å²) in [5.74, 6) is 1.12. The van der Waals surface area contributed by atoms with Crippen molar-refractivity contribution >= 4 is 5.91 Å². The summed E-state index contributed by atoms with van der Waals surface area (Å²) in [6, 6.07) is 13.4. The normalized spacial score (nSPS) is 10.6. The number of rotatable bonds is 8. The third-order valence-electron chi connectivity index (χ3n) is 5.08. The van der Waals surface area contributed by atoms with E-state index >= 15 is 0 Å². The highest BCUT2D eigenvalue weighted by atomic mass is 16.5. The van der Waals surface area contributed by atoms with Crippen molar-refractivity contribution in [1.82, 2.24) is 15.1 Å². The highest BCUT2D eigenvalue weighted by Crippen LogP contribution is 2.34. The zero-order valence-electron chi connectivity index (χ0n) is 18.0. The molecule has 0 aliphatic carbocycles. The molecule has 0 atom stereocenters. The Labute approximate surface area is 176 Å². The van der Waals surface area contributed by atoms with E-state index in [4.69, 9.17) is 14.2 Å². The average molecular weight is 409 g/mol. The van der Waals surface area contributed by atoms with Crippen LogP contribution in [-0.2, 0) is 13.1 Å². The van der Waals surface area contributed by atoms with Crippen molar-refractivity contribution in [3.8, 4) is 17.2 Å². The molecule has 0 radical (unpaired) electrons. The zero-order valence-corrected chi connectivity index (χ0v) is 18.0. The predicted molar refractivity (Wildman–Crippen MR) is 115 cm³/mol. The number of amides is 1. The molecular formula is C23H27N3O4. The molecule has 0 saturated carbocycles. The van der Waals surface area contributed by atoms with Gasteiger partial charge in [-0.25, -0.2) is 0 Å². The molecule has 2 aromatic carbocycles. The number of methoxy groups -OCH3 is 3. The van der Waals surface area contributed by atoms with Crippen molar-refractivity contribution < 1.29 is 19.0 Å².